The molecule has 1 aromatic heterocycles. The topological polar surface area (TPSA) is 32.9 Å². The van der Waals surface area contributed by atoms with Gasteiger partial charge in [0.2, 0.25) is 0 Å². The number of nitrogens with one attached hydrogen (secondary N) is 1. The van der Waals surface area contributed by atoms with Crippen molar-refractivity contribution in [3.05, 3.63) is 45.0 Å². The molecule has 1 aromatic carbocycles. The fraction of sp³-hybridized carbons (Fsp3) is 0.308. The zero-order chi connectivity index (χ0) is 13.6. The van der Waals surface area contributed by atoms with E-state index in [9.17, 15) is 18.0 Å². The molecule has 96 valence electrons. The molecule has 1 heterocycles. The number of rotatable bonds is 1. The van der Waals surface area contributed by atoms with Crippen molar-refractivity contribution in [1.82, 2.24) is 4.98 Å². The predicted molar refractivity (Wildman–Crippen MR) is 63.3 cm³/mol. The van der Waals surface area contributed by atoms with E-state index in [1.165, 1.54) is 0 Å². The lowest BCUT2D eigenvalue weighted by Gasteiger charge is -2.11. The van der Waals surface area contributed by atoms with Gasteiger partial charge in [0.25, 0.3) is 0 Å². The molecule has 0 bridgehead atoms. The van der Waals surface area contributed by atoms with E-state index in [1.54, 1.807) is 20.8 Å². The van der Waals surface area contributed by atoms with Crippen LogP contribution >= 0.6 is 0 Å². The van der Waals surface area contributed by atoms with Gasteiger partial charge in [-0.2, -0.15) is 0 Å². The largest absolute Gasteiger partial charge is 0.356 e. The van der Waals surface area contributed by atoms with Gasteiger partial charge in [0, 0.05) is 11.3 Å². The van der Waals surface area contributed by atoms with Crippen LogP contribution in [0.25, 0.3) is 10.9 Å². The van der Waals surface area contributed by atoms with Crippen molar-refractivity contribution in [3.8, 4) is 0 Å². The lowest BCUT2D eigenvalue weighted by molar-refractivity contribution is 0.452. The van der Waals surface area contributed by atoms with Crippen LogP contribution in [0, 0.1) is 24.4 Å². The van der Waals surface area contributed by atoms with Crippen LogP contribution in [0.3, 0.4) is 0 Å². The van der Waals surface area contributed by atoms with Crippen molar-refractivity contribution >= 4 is 10.9 Å². The molecule has 2 aromatic rings. The second-order valence-electron chi connectivity index (χ2n) is 4.56. The van der Waals surface area contributed by atoms with Gasteiger partial charge in [0.05, 0.1) is 10.9 Å². The quantitative estimate of drug-likeness (QED) is 0.778. The van der Waals surface area contributed by atoms with Crippen LogP contribution in [0.2, 0.25) is 0 Å². The molecule has 0 aliphatic carbocycles. The fourth-order valence-corrected chi connectivity index (χ4v) is 2.16. The Balaban J connectivity index is 3.01. The molecule has 0 saturated heterocycles. The molecule has 1 N–H and O–H groups in total. The van der Waals surface area contributed by atoms with E-state index < -0.39 is 22.9 Å². The summed E-state index contributed by atoms with van der Waals surface area (Å²) in [4.78, 5) is 14.8. The molecule has 0 spiro atoms. The van der Waals surface area contributed by atoms with Crippen molar-refractivity contribution in [2.75, 3.05) is 0 Å². The smallest absolute Gasteiger partial charge is 0.196 e. The third kappa shape index (κ3) is 1.70. The van der Waals surface area contributed by atoms with Crippen molar-refractivity contribution in [3.63, 3.8) is 0 Å². The zero-order valence-corrected chi connectivity index (χ0v) is 10.2. The van der Waals surface area contributed by atoms with Gasteiger partial charge in [0.1, 0.15) is 0 Å². The Kier molecular flexibility index (Phi) is 2.92. The lowest BCUT2D eigenvalue weighted by Crippen LogP contribution is -2.16. The van der Waals surface area contributed by atoms with Crippen LogP contribution < -0.4 is 5.43 Å². The molecule has 0 amide bonds. The normalized spacial score (nSPS) is 11.5. The summed E-state index contributed by atoms with van der Waals surface area (Å²) in [5.74, 6) is -4.38. The van der Waals surface area contributed by atoms with Gasteiger partial charge in [-0.05, 0) is 18.9 Å². The molecule has 18 heavy (non-hydrogen) atoms. The summed E-state index contributed by atoms with van der Waals surface area (Å²) < 4.78 is 39.8. The number of benzene rings is 1. The van der Waals surface area contributed by atoms with E-state index in [-0.39, 0.29) is 16.8 Å². The van der Waals surface area contributed by atoms with Crippen molar-refractivity contribution in [2.24, 2.45) is 0 Å². The number of pyridine rings is 1. The van der Waals surface area contributed by atoms with Gasteiger partial charge in [-0.15, -0.1) is 0 Å². The number of hydrogen-bond acceptors (Lipinski definition) is 1. The maximum Gasteiger partial charge on any atom is 0.196 e. The molecule has 0 aliphatic heterocycles. The molecule has 2 nitrogen and oxygen atoms in total. The van der Waals surface area contributed by atoms with E-state index in [2.05, 4.69) is 4.98 Å². The summed E-state index contributed by atoms with van der Waals surface area (Å²) >= 11 is 0. The number of fused-ring (bicyclic) bond motifs is 1. The summed E-state index contributed by atoms with van der Waals surface area (Å²) in [7, 11) is 0. The summed E-state index contributed by atoms with van der Waals surface area (Å²) in [6.07, 6.45) is 0. The Morgan fingerprint density at radius 3 is 2.33 bits per heavy atom. The first-order valence-electron chi connectivity index (χ1n) is 5.54. The van der Waals surface area contributed by atoms with E-state index in [4.69, 9.17) is 0 Å². The van der Waals surface area contributed by atoms with Crippen molar-refractivity contribution in [2.45, 2.75) is 26.7 Å². The van der Waals surface area contributed by atoms with E-state index in [1.807, 2.05) is 0 Å². The molecular formula is C13H12F3NO. The monoisotopic (exact) mass is 255 g/mol. The van der Waals surface area contributed by atoms with Gasteiger partial charge < -0.3 is 4.98 Å². The Bertz CT molecular complexity index is 689. The van der Waals surface area contributed by atoms with Crippen LogP contribution in [0.4, 0.5) is 13.2 Å². The van der Waals surface area contributed by atoms with E-state index in [0.29, 0.717) is 11.3 Å². The number of H-pyrrole nitrogens is 1. The molecule has 0 saturated carbocycles. The minimum Gasteiger partial charge on any atom is -0.356 e. The molecule has 0 aliphatic rings. The Hall–Kier alpha value is -1.78. The maximum absolute atomic E-state index is 13.6. The summed E-state index contributed by atoms with van der Waals surface area (Å²) in [6.45, 7) is 5.22. The van der Waals surface area contributed by atoms with Crippen LogP contribution in [0.15, 0.2) is 10.9 Å². The summed E-state index contributed by atoms with van der Waals surface area (Å²) in [5.41, 5.74) is 0.162. The molecule has 0 atom stereocenters. The van der Waals surface area contributed by atoms with Gasteiger partial charge in [-0.3, -0.25) is 4.79 Å². The first-order chi connectivity index (χ1) is 8.34. The molecule has 2 rings (SSSR count). The van der Waals surface area contributed by atoms with E-state index >= 15 is 0 Å². The van der Waals surface area contributed by atoms with Crippen LogP contribution in [0.5, 0.6) is 0 Å². The van der Waals surface area contributed by atoms with Crippen LogP contribution in [0.1, 0.15) is 31.0 Å². The molecule has 0 fully saturated rings. The van der Waals surface area contributed by atoms with E-state index in [0.717, 1.165) is 6.07 Å². The highest BCUT2D eigenvalue weighted by Crippen LogP contribution is 2.22. The molecule has 0 radical (unpaired) electrons. The van der Waals surface area contributed by atoms with Crippen molar-refractivity contribution < 1.29 is 13.2 Å². The Labute approximate surface area is 101 Å². The second kappa shape index (κ2) is 4.15. The minimum atomic E-state index is -1.57. The highest BCUT2D eigenvalue weighted by atomic mass is 19.2. The molecular weight excluding hydrogens is 243 g/mol. The van der Waals surface area contributed by atoms with Gasteiger partial charge >= 0.3 is 0 Å². The standard InChI is InChI=1S/C13H12F3NO/c1-5(2)9-6(3)17-12-7(13(9)18)4-8(14)10(15)11(12)16/h4-5H,1-3H3,(H,17,18). The molecule has 0 unspecified atom stereocenters. The minimum absolute atomic E-state index is 0.0886. The highest BCUT2D eigenvalue weighted by molar-refractivity contribution is 5.80. The highest BCUT2D eigenvalue weighted by Gasteiger charge is 2.19. The number of hydrogen-bond donors (Lipinski definition) is 1. The van der Waals surface area contributed by atoms with Crippen LogP contribution in [-0.2, 0) is 0 Å². The first kappa shape index (κ1) is 12.7. The average molecular weight is 255 g/mol. The van der Waals surface area contributed by atoms with Gasteiger partial charge in [-0.25, -0.2) is 13.2 Å². The molecule has 5 heteroatoms. The SMILES string of the molecule is Cc1[nH]c2c(F)c(F)c(F)cc2c(=O)c1C(C)C. The number of aromatic nitrogens is 1. The summed E-state index contributed by atoms with van der Waals surface area (Å²) in [6, 6.07) is 0.734. The summed E-state index contributed by atoms with van der Waals surface area (Å²) in [5, 5.41) is -0.166. The second-order valence-corrected chi connectivity index (χ2v) is 4.56. The van der Waals surface area contributed by atoms with Gasteiger partial charge in [-0.1, -0.05) is 13.8 Å². The number of halogens is 3. The van der Waals surface area contributed by atoms with Crippen LogP contribution in [-0.4, -0.2) is 4.98 Å². The Morgan fingerprint density at radius 2 is 1.78 bits per heavy atom. The fourth-order valence-electron chi connectivity index (χ4n) is 2.16. The third-order valence-corrected chi connectivity index (χ3v) is 2.95. The lowest BCUT2D eigenvalue weighted by atomic mass is 9.99. The van der Waals surface area contributed by atoms with Crippen molar-refractivity contribution in [1.29, 1.82) is 0 Å². The Morgan fingerprint density at radius 1 is 1.17 bits per heavy atom. The predicted octanol–water partition coefficient (Wildman–Crippen LogP) is 3.38. The maximum atomic E-state index is 13.6. The first-order valence-corrected chi connectivity index (χ1v) is 5.54. The third-order valence-electron chi connectivity index (χ3n) is 2.95. The van der Waals surface area contributed by atoms with Gasteiger partial charge in [0.15, 0.2) is 22.9 Å². The average Bonchev–Trinajstić information content (AvgIpc) is 2.28. The zero-order valence-electron chi connectivity index (χ0n) is 10.2. The number of aryl methyl sites for hydroxylation is 1. The number of aromatic amines is 1.